The molecule has 2 aliphatic rings. The number of aryl methyl sites for hydroxylation is 2. The van der Waals surface area contributed by atoms with Crippen molar-refractivity contribution in [3.8, 4) is 6.07 Å². The maximum absolute atomic E-state index is 14.5. The number of piperazine rings is 1. The molecular weight excluding hydrogens is 551 g/mol. The first kappa shape index (κ1) is 29.4. The minimum absolute atomic E-state index is 0.0441. The van der Waals surface area contributed by atoms with Crippen LogP contribution in [0.25, 0.3) is 0 Å². The van der Waals surface area contributed by atoms with Gasteiger partial charge in [0.05, 0.1) is 26.7 Å². The van der Waals surface area contributed by atoms with Crippen LogP contribution in [0.1, 0.15) is 39.9 Å². The summed E-state index contributed by atoms with van der Waals surface area (Å²) in [6.07, 6.45) is 3.07. The van der Waals surface area contributed by atoms with Crippen LogP contribution in [0.4, 0.5) is 21.5 Å². The van der Waals surface area contributed by atoms with Crippen molar-refractivity contribution in [3.05, 3.63) is 82.7 Å². The van der Waals surface area contributed by atoms with Gasteiger partial charge in [-0.15, -0.1) is 0 Å². The summed E-state index contributed by atoms with van der Waals surface area (Å²) < 4.78 is 35.0. The van der Waals surface area contributed by atoms with Crippen molar-refractivity contribution in [3.63, 3.8) is 0 Å². The number of nitriles is 1. The molecule has 1 unspecified atom stereocenters. The van der Waals surface area contributed by atoms with Gasteiger partial charge in [-0.3, -0.25) is 4.79 Å². The Bertz CT molecular complexity index is 1640. The number of para-hydroxylation sites is 1. The maximum atomic E-state index is 14.5. The van der Waals surface area contributed by atoms with Crippen LogP contribution in [0.5, 0.6) is 0 Å². The first-order valence-electron chi connectivity index (χ1n) is 14.2. The van der Waals surface area contributed by atoms with E-state index in [1.54, 1.807) is 12.1 Å². The minimum atomic E-state index is -3.25. The molecule has 0 spiro atoms. The summed E-state index contributed by atoms with van der Waals surface area (Å²) in [5.41, 5.74) is 5.76. The van der Waals surface area contributed by atoms with Gasteiger partial charge in [0.1, 0.15) is 16.8 Å². The van der Waals surface area contributed by atoms with Crippen LogP contribution in [0.2, 0.25) is 0 Å². The highest BCUT2D eigenvalue weighted by Gasteiger charge is 2.28. The highest BCUT2D eigenvalue weighted by atomic mass is 32.2. The van der Waals surface area contributed by atoms with Crippen molar-refractivity contribution >= 4 is 32.7 Å². The van der Waals surface area contributed by atoms with Gasteiger partial charge in [0.15, 0.2) is 0 Å². The minimum Gasteiger partial charge on any atom is -0.382 e. The van der Waals surface area contributed by atoms with E-state index in [1.807, 2.05) is 47.1 Å². The molecule has 2 N–H and O–H groups in total. The Kier molecular flexibility index (Phi) is 8.41. The average Bonchev–Trinajstić information content (AvgIpc) is 2.98. The Morgan fingerprint density at radius 3 is 2.26 bits per heavy atom. The van der Waals surface area contributed by atoms with Gasteiger partial charge in [0, 0.05) is 62.8 Å². The van der Waals surface area contributed by atoms with Gasteiger partial charge in [-0.05, 0) is 68.1 Å². The predicted molar refractivity (Wildman–Crippen MR) is 165 cm³/mol. The van der Waals surface area contributed by atoms with Crippen molar-refractivity contribution in [2.75, 3.05) is 60.6 Å². The monoisotopic (exact) mass is 588 g/mol. The summed E-state index contributed by atoms with van der Waals surface area (Å²) in [6, 6.07) is 18.8. The van der Waals surface area contributed by atoms with Gasteiger partial charge < -0.3 is 20.0 Å². The molecule has 2 aliphatic heterocycles. The lowest BCUT2D eigenvalue weighted by molar-refractivity contribution is 0.0746. The molecule has 0 aromatic heterocycles. The molecule has 0 aliphatic carbocycles. The zero-order valence-corrected chi connectivity index (χ0v) is 25.1. The molecule has 1 amide bonds. The summed E-state index contributed by atoms with van der Waals surface area (Å²) in [5, 5.41) is 13.2. The Hall–Kier alpha value is -4.10. The fraction of sp³-hybridized carbons (Fsp3) is 0.375. The molecule has 5 rings (SSSR count). The SMILES string of the molecule is Cc1cc(C)c(C(=O)N2CCN(c3cccc(F)c3S(C)(=N)=O)CC2)cc1NC1CCN(c2ccccc2C#N)CC1. The first-order chi connectivity index (χ1) is 20.1. The van der Waals surface area contributed by atoms with Crippen LogP contribution in [0.15, 0.2) is 59.5 Å². The van der Waals surface area contributed by atoms with Crippen LogP contribution < -0.4 is 15.1 Å². The van der Waals surface area contributed by atoms with Crippen LogP contribution in [-0.2, 0) is 9.73 Å². The van der Waals surface area contributed by atoms with Gasteiger partial charge in [0.2, 0.25) is 0 Å². The molecule has 42 heavy (non-hydrogen) atoms. The zero-order chi connectivity index (χ0) is 30.0. The molecule has 0 bridgehead atoms. The topological polar surface area (TPSA) is 104 Å². The molecule has 2 heterocycles. The number of anilines is 3. The number of hydrogen-bond acceptors (Lipinski definition) is 7. The quantitative estimate of drug-likeness (QED) is 0.400. The smallest absolute Gasteiger partial charge is 0.254 e. The van der Waals surface area contributed by atoms with Gasteiger partial charge in [0.25, 0.3) is 5.91 Å². The van der Waals surface area contributed by atoms with E-state index in [1.165, 1.54) is 12.3 Å². The molecular formula is C32H37FN6O2S. The summed E-state index contributed by atoms with van der Waals surface area (Å²) in [4.78, 5) is 19.6. The molecule has 10 heteroatoms. The van der Waals surface area contributed by atoms with E-state index in [4.69, 9.17) is 4.78 Å². The zero-order valence-electron chi connectivity index (χ0n) is 24.3. The third-order valence-corrected chi connectivity index (χ3v) is 9.45. The maximum Gasteiger partial charge on any atom is 0.254 e. The largest absolute Gasteiger partial charge is 0.382 e. The van der Waals surface area contributed by atoms with Gasteiger partial charge in [-0.25, -0.2) is 13.4 Å². The second-order valence-corrected chi connectivity index (χ2v) is 13.3. The number of benzene rings is 3. The van der Waals surface area contributed by atoms with Crippen LogP contribution in [0.3, 0.4) is 0 Å². The van der Waals surface area contributed by atoms with E-state index < -0.39 is 15.5 Å². The Balaban J connectivity index is 1.25. The van der Waals surface area contributed by atoms with Crippen LogP contribution in [0, 0.1) is 35.8 Å². The molecule has 0 radical (unpaired) electrons. The van der Waals surface area contributed by atoms with E-state index in [2.05, 4.69) is 29.3 Å². The normalized spacial score (nSPS) is 17.5. The number of carbonyl (C=O) groups is 1. The summed E-state index contributed by atoms with van der Waals surface area (Å²) in [5.74, 6) is -0.682. The molecule has 220 valence electrons. The lowest BCUT2D eigenvalue weighted by atomic mass is 9.99. The Morgan fingerprint density at radius 2 is 1.60 bits per heavy atom. The van der Waals surface area contributed by atoms with E-state index in [9.17, 15) is 18.7 Å². The number of hydrogen-bond donors (Lipinski definition) is 2. The predicted octanol–water partition coefficient (Wildman–Crippen LogP) is 5.39. The number of halogens is 1. The third kappa shape index (κ3) is 6.07. The van der Waals surface area contributed by atoms with Crippen LogP contribution >= 0.6 is 0 Å². The van der Waals surface area contributed by atoms with Crippen LogP contribution in [-0.4, -0.2) is 66.6 Å². The second kappa shape index (κ2) is 12.0. The van der Waals surface area contributed by atoms with E-state index in [0.717, 1.165) is 48.4 Å². The fourth-order valence-corrected chi connectivity index (χ4v) is 7.06. The van der Waals surface area contributed by atoms with Crippen molar-refractivity contribution in [1.29, 1.82) is 10.0 Å². The summed E-state index contributed by atoms with van der Waals surface area (Å²) in [7, 11) is -3.25. The number of rotatable bonds is 6. The molecule has 2 fully saturated rings. The average molecular weight is 589 g/mol. The highest BCUT2D eigenvalue weighted by Crippen LogP contribution is 2.31. The first-order valence-corrected chi connectivity index (χ1v) is 16.2. The molecule has 2 saturated heterocycles. The molecule has 3 aromatic rings. The Morgan fingerprint density at radius 1 is 0.952 bits per heavy atom. The van der Waals surface area contributed by atoms with E-state index in [-0.39, 0.29) is 16.8 Å². The second-order valence-electron chi connectivity index (χ2n) is 11.2. The number of piperidine rings is 1. The molecule has 8 nitrogen and oxygen atoms in total. The lowest BCUT2D eigenvalue weighted by Gasteiger charge is -2.37. The number of nitrogens with one attached hydrogen (secondary N) is 2. The molecule has 1 atom stereocenters. The Labute approximate surface area is 247 Å². The summed E-state index contributed by atoms with van der Waals surface area (Å²) >= 11 is 0. The van der Waals surface area contributed by atoms with Crippen molar-refractivity contribution in [2.45, 2.75) is 37.6 Å². The lowest BCUT2D eigenvalue weighted by Crippen LogP contribution is -2.49. The third-order valence-electron chi connectivity index (χ3n) is 8.26. The van der Waals surface area contributed by atoms with Crippen molar-refractivity contribution < 1.29 is 13.4 Å². The van der Waals surface area contributed by atoms with Crippen molar-refractivity contribution in [1.82, 2.24) is 4.90 Å². The van der Waals surface area contributed by atoms with Gasteiger partial charge in [-0.2, -0.15) is 5.26 Å². The number of nitrogens with zero attached hydrogens (tertiary/aromatic N) is 4. The molecule has 3 aromatic carbocycles. The summed E-state index contributed by atoms with van der Waals surface area (Å²) in [6.45, 7) is 7.50. The highest BCUT2D eigenvalue weighted by molar-refractivity contribution is 7.91. The number of carbonyl (C=O) groups excluding carboxylic acids is 1. The standard InChI is InChI=1S/C32H37FN6O2S/c1-22-19-23(2)28(36-25-11-13-37(14-12-25)29-9-5-4-7-24(29)21-34)20-26(22)32(40)39-17-15-38(16-18-39)30-10-6-8-27(33)31(30)42(3,35)41/h4-10,19-20,25,35-36H,11-18H2,1-3H3. The van der Waals surface area contributed by atoms with Crippen molar-refractivity contribution in [2.24, 2.45) is 0 Å². The van der Waals surface area contributed by atoms with E-state index >= 15 is 0 Å². The number of amides is 1. The fourth-order valence-electron chi connectivity index (χ4n) is 6.02. The van der Waals surface area contributed by atoms with Gasteiger partial charge >= 0.3 is 0 Å². The van der Waals surface area contributed by atoms with Gasteiger partial charge in [-0.1, -0.05) is 24.3 Å². The van der Waals surface area contributed by atoms with E-state index in [0.29, 0.717) is 43.0 Å². The molecule has 0 saturated carbocycles.